The SMILES string of the molecule is N#Cc1ccc(-c2ccc3c4ccc(-c5ccc(C#N)cc5)cc4n(-c4cc(C#N)cc(-n5c6cc(-c7ccc(C#N)cc7)ccc6c6ccc(-c7ccc(C#N)cc7)cc65)c4-c4ccccc4C(F)(F)F)c3c2)cc1. The third-order valence-electron chi connectivity index (χ3n) is 14.1. The van der Waals surface area contributed by atoms with Crippen LogP contribution in [-0.4, -0.2) is 9.13 Å². The van der Waals surface area contributed by atoms with Crippen LogP contribution in [-0.2, 0) is 6.18 Å². The minimum absolute atomic E-state index is 0.118. The van der Waals surface area contributed by atoms with E-state index in [0.717, 1.165) is 72.1 Å². The van der Waals surface area contributed by atoms with Crippen LogP contribution in [0.15, 0.2) is 206 Å². The van der Waals surface area contributed by atoms with E-state index >= 15 is 13.2 Å². The molecule has 12 rings (SSSR count). The lowest BCUT2D eigenvalue weighted by Crippen LogP contribution is -2.11. The van der Waals surface area contributed by atoms with Crippen molar-refractivity contribution in [2.24, 2.45) is 0 Å². The number of hydrogen-bond donors (Lipinski definition) is 0. The van der Waals surface area contributed by atoms with Crippen LogP contribution >= 0.6 is 0 Å². The first-order valence-electron chi connectivity index (χ1n) is 24.0. The van der Waals surface area contributed by atoms with E-state index < -0.39 is 11.7 Å². The molecule has 2 heterocycles. The molecule has 0 amide bonds. The minimum atomic E-state index is -4.82. The molecular formula is C66H34F3N7. The quantitative estimate of drug-likeness (QED) is 0.157. The van der Waals surface area contributed by atoms with Crippen LogP contribution in [0.3, 0.4) is 0 Å². The monoisotopic (exact) mass is 981 g/mol. The van der Waals surface area contributed by atoms with Crippen molar-refractivity contribution in [1.82, 2.24) is 9.13 Å². The molecule has 7 nitrogen and oxygen atoms in total. The summed E-state index contributed by atoms with van der Waals surface area (Å²) < 4.78 is 51.5. The van der Waals surface area contributed by atoms with Gasteiger partial charge in [-0.3, -0.25) is 0 Å². The molecule has 0 N–H and O–H groups in total. The van der Waals surface area contributed by atoms with Gasteiger partial charge in [-0.05, 0) is 141 Å². The lowest BCUT2D eigenvalue weighted by atomic mass is 9.93. The van der Waals surface area contributed by atoms with Gasteiger partial charge in [-0.1, -0.05) is 115 Å². The van der Waals surface area contributed by atoms with Crippen LogP contribution in [0.2, 0.25) is 0 Å². The average Bonchev–Trinajstić information content (AvgIpc) is 4.02. The molecule has 0 saturated heterocycles. The Bertz CT molecular complexity index is 4100. The number of fused-ring (bicyclic) bond motifs is 6. The highest BCUT2D eigenvalue weighted by atomic mass is 19.4. The molecule has 0 bridgehead atoms. The fraction of sp³-hybridized carbons (Fsp3) is 0.0152. The van der Waals surface area contributed by atoms with Gasteiger partial charge in [-0.25, -0.2) is 0 Å². The Balaban J connectivity index is 1.25. The average molecular weight is 982 g/mol. The maximum Gasteiger partial charge on any atom is 0.417 e. The third-order valence-corrected chi connectivity index (χ3v) is 14.1. The minimum Gasteiger partial charge on any atom is -0.308 e. The number of rotatable bonds is 7. The van der Waals surface area contributed by atoms with Gasteiger partial charge in [-0.2, -0.15) is 39.5 Å². The molecule has 12 aromatic rings. The van der Waals surface area contributed by atoms with Gasteiger partial charge >= 0.3 is 6.18 Å². The van der Waals surface area contributed by atoms with E-state index in [1.807, 2.05) is 130 Å². The lowest BCUT2D eigenvalue weighted by Gasteiger charge is -2.23. The summed E-state index contributed by atoms with van der Waals surface area (Å²) in [5.41, 5.74) is 10.9. The summed E-state index contributed by atoms with van der Waals surface area (Å²) in [5.74, 6) is 0. The Hall–Kier alpha value is -11.0. The summed E-state index contributed by atoms with van der Waals surface area (Å²) >= 11 is 0. The summed E-state index contributed by atoms with van der Waals surface area (Å²) in [7, 11) is 0. The van der Waals surface area contributed by atoms with Gasteiger partial charge in [0.1, 0.15) is 0 Å². The van der Waals surface area contributed by atoms with Crippen molar-refractivity contribution in [3.05, 3.63) is 240 Å². The molecular weight excluding hydrogens is 948 g/mol. The molecule has 0 spiro atoms. The van der Waals surface area contributed by atoms with Crippen LogP contribution < -0.4 is 0 Å². The number of hydrogen-bond acceptors (Lipinski definition) is 5. The molecule has 0 aliphatic carbocycles. The molecule has 354 valence electrons. The molecule has 0 radical (unpaired) electrons. The molecule has 76 heavy (non-hydrogen) atoms. The highest BCUT2D eigenvalue weighted by molar-refractivity contribution is 6.14. The van der Waals surface area contributed by atoms with E-state index in [1.54, 1.807) is 66.7 Å². The van der Waals surface area contributed by atoms with Crippen molar-refractivity contribution in [2.75, 3.05) is 0 Å². The van der Waals surface area contributed by atoms with Gasteiger partial charge in [-0.15, -0.1) is 0 Å². The maximum atomic E-state index is 15.9. The molecule has 0 aliphatic rings. The zero-order chi connectivity index (χ0) is 52.2. The largest absolute Gasteiger partial charge is 0.417 e. The zero-order valence-electron chi connectivity index (χ0n) is 39.9. The first-order chi connectivity index (χ1) is 37.0. The van der Waals surface area contributed by atoms with Crippen LogP contribution in [0.5, 0.6) is 0 Å². The lowest BCUT2D eigenvalue weighted by molar-refractivity contribution is -0.137. The van der Waals surface area contributed by atoms with Gasteiger partial charge in [0.05, 0.1) is 97.2 Å². The maximum absolute atomic E-state index is 15.9. The zero-order valence-corrected chi connectivity index (χ0v) is 39.9. The number of nitriles is 5. The second-order valence-electron chi connectivity index (χ2n) is 18.4. The molecule has 10 heteroatoms. The van der Waals surface area contributed by atoms with Crippen molar-refractivity contribution in [1.29, 1.82) is 26.3 Å². The van der Waals surface area contributed by atoms with E-state index in [2.05, 4.69) is 30.3 Å². The van der Waals surface area contributed by atoms with Crippen molar-refractivity contribution in [3.63, 3.8) is 0 Å². The van der Waals surface area contributed by atoms with Crippen LogP contribution in [0.1, 0.15) is 33.4 Å². The molecule has 0 saturated carbocycles. The number of nitrogens with zero attached hydrogens (tertiary/aromatic N) is 7. The first kappa shape index (κ1) is 46.1. The van der Waals surface area contributed by atoms with Crippen molar-refractivity contribution >= 4 is 43.6 Å². The Morgan fingerprint density at radius 3 is 0.855 bits per heavy atom. The number of aromatic nitrogens is 2. The predicted octanol–water partition coefficient (Wildman–Crippen LogP) is 16.6. The summed E-state index contributed by atoms with van der Waals surface area (Å²) in [6.45, 7) is 0. The van der Waals surface area contributed by atoms with Gasteiger partial charge in [0.15, 0.2) is 0 Å². The second kappa shape index (κ2) is 18.3. The first-order valence-corrected chi connectivity index (χ1v) is 24.0. The normalized spacial score (nSPS) is 11.3. The van der Waals surface area contributed by atoms with E-state index in [4.69, 9.17) is 0 Å². The summed E-state index contributed by atoms with van der Waals surface area (Å²) in [5, 5.41) is 52.9. The molecule has 10 aromatic carbocycles. The highest BCUT2D eigenvalue weighted by Crippen LogP contribution is 2.48. The predicted molar refractivity (Wildman–Crippen MR) is 291 cm³/mol. The smallest absolute Gasteiger partial charge is 0.308 e. The van der Waals surface area contributed by atoms with Gasteiger partial charge < -0.3 is 9.13 Å². The summed E-state index contributed by atoms with van der Waals surface area (Å²) in [6, 6.07) is 72.5. The molecule has 0 fully saturated rings. The van der Waals surface area contributed by atoms with Crippen molar-refractivity contribution in [2.45, 2.75) is 6.18 Å². The molecule has 0 unspecified atom stereocenters. The fourth-order valence-electron chi connectivity index (χ4n) is 10.5. The van der Waals surface area contributed by atoms with Crippen LogP contribution in [0, 0.1) is 56.7 Å². The van der Waals surface area contributed by atoms with Gasteiger partial charge in [0.25, 0.3) is 0 Å². The topological polar surface area (TPSA) is 129 Å². The second-order valence-corrected chi connectivity index (χ2v) is 18.4. The number of alkyl halides is 3. The van der Waals surface area contributed by atoms with Crippen LogP contribution in [0.25, 0.3) is 111 Å². The van der Waals surface area contributed by atoms with E-state index in [9.17, 15) is 26.3 Å². The van der Waals surface area contributed by atoms with Crippen molar-refractivity contribution in [3.8, 4) is 97.4 Å². The Morgan fingerprint density at radius 2 is 0.579 bits per heavy atom. The van der Waals surface area contributed by atoms with Gasteiger partial charge in [0.2, 0.25) is 0 Å². The van der Waals surface area contributed by atoms with E-state index in [-0.39, 0.29) is 16.7 Å². The summed E-state index contributed by atoms with van der Waals surface area (Å²) in [6.07, 6.45) is -4.82. The Kier molecular flexibility index (Phi) is 11.1. The van der Waals surface area contributed by atoms with Gasteiger partial charge in [0, 0.05) is 27.1 Å². The molecule has 0 aliphatic heterocycles. The van der Waals surface area contributed by atoms with E-state index in [0.29, 0.717) is 55.7 Å². The molecule has 2 aromatic heterocycles. The highest BCUT2D eigenvalue weighted by Gasteiger charge is 2.36. The van der Waals surface area contributed by atoms with Crippen molar-refractivity contribution < 1.29 is 13.2 Å². The fourth-order valence-corrected chi connectivity index (χ4v) is 10.5. The number of benzene rings is 10. The standard InChI is InChI=1S/C66H34F3N7/c67-66(68,69)58-4-2-1-3-57(58)65-63(75-59-31-49(45-13-5-40(35-70)6-14-45)21-25-53(59)54-26-22-50(32-60(54)75)46-15-7-41(36-71)8-16-46)29-44(39-74)30-64(65)76-61-33-51(47-17-9-42(37-72)10-18-47)23-27-55(61)56-28-24-52(34-62(56)76)48-19-11-43(38-73)12-20-48/h1-34H. The van der Waals surface area contributed by atoms with Crippen LogP contribution in [0.4, 0.5) is 13.2 Å². The molecule has 0 atom stereocenters. The number of halogens is 3. The third kappa shape index (κ3) is 7.83. The Labute approximate surface area is 433 Å². The van der Waals surface area contributed by atoms with E-state index in [1.165, 1.54) is 12.1 Å². The Morgan fingerprint density at radius 1 is 0.303 bits per heavy atom. The summed E-state index contributed by atoms with van der Waals surface area (Å²) in [4.78, 5) is 0.